The summed E-state index contributed by atoms with van der Waals surface area (Å²) >= 11 is 0. The van der Waals surface area contributed by atoms with Crippen LogP contribution in [0.25, 0.3) is 0 Å². The average Bonchev–Trinajstić information content (AvgIpc) is 3.36. The molecule has 158 valence electrons. The Morgan fingerprint density at radius 3 is 2.39 bits per heavy atom. The van der Waals surface area contributed by atoms with Crippen LogP contribution in [0.2, 0.25) is 0 Å². The highest BCUT2D eigenvalue weighted by atomic mass is 16.2. The molecule has 1 saturated heterocycles. The van der Waals surface area contributed by atoms with Crippen molar-refractivity contribution < 1.29 is 4.79 Å². The van der Waals surface area contributed by atoms with Gasteiger partial charge in [-0.15, -0.1) is 0 Å². The molecule has 1 unspecified atom stereocenters. The number of hydrogen-bond donors (Lipinski definition) is 1. The second-order valence-electron chi connectivity index (χ2n) is 8.62. The maximum absolute atomic E-state index is 12.7. The van der Waals surface area contributed by atoms with Gasteiger partial charge in [0.25, 0.3) is 11.5 Å². The lowest BCUT2D eigenvalue weighted by Gasteiger charge is -2.23. The predicted molar refractivity (Wildman–Crippen MR) is 119 cm³/mol. The molecule has 31 heavy (non-hydrogen) atoms. The highest BCUT2D eigenvalue weighted by Gasteiger charge is 2.46. The Morgan fingerprint density at radius 2 is 1.65 bits per heavy atom. The van der Waals surface area contributed by atoms with Crippen LogP contribution in [0.5, 0.6) is 0 Å². The van der Waals surface area contributed by atoms with Crippen LogP contribution in [0.15, 0.2) is 71.7 Å². The Hall–Kier alpha value is -3.25. The molecule has 3 heterocycles. The Labute approximate surface area is 181 Å². The number of carbonyl (C=O) groups excluding carboxylic acids is 1. The number of nitrogens with zero attached hydrogens (tertiary/aromatic N) is 3. The summed E-state index contributed by atoms with van der Waals surface area (Å²) in [5.41, 5.74) is 1.89. The zero-order valence-electron chi connectivity index (χ0n) is 17.5. The van der Waals surface area contributed by atoms with Crippen LogP contribution in [0.1, 0.15) is 40.2 Å². The maximum atomic E-state index is 12.7. The number of benzene rings is 2. The van der Waals surface area contributed by atoms with Crippen molar-refractivity contribution in [3.8, 4) is 0 Å². The summed E-state index contributed by atoms with van der Waals surface area (Å²) < 4.78 is 2.02. The first-order valence-electron chi connectivity index (χ1n) is 10.8. The van der Waals surface area contributed by atoms with Gasteiger partial charge in [0.05, 0.1) is 0 Å². The molecule has 1 aromatic heterocycles. The minimum atomic E-state index is -0.431. The molecule has 6 nitrogen and oxygen atoms in total. The van der Waals surface area contributed by atoms with E-state index in [0.29, 0.717) is 6.54 Å². The van der Waals surface area contributed by atoms with Gasteiger partial charge in [-0.25, -0.2) is 0 Å². The summed E-state index contributed by atoms with van der Waals surface area (Å²) in [5, 5.41) is 2.84. The van der Waals surface area contributed by atoms with Crippen LogP contribution >= 0.6 is 0 Å². The average molecular weight is 415 g/mol. The number of amides is 1. The highest BCUT2D eigenvalue weighted by Crippen LogP contribution is 2.41. The monoisotopic (exact) mass is 414 g/mol. The zero-order chi connectivity index (χ0) is 21.3. The van der Waals surface area contributed by atoms with Gasteiger partial charge in [0.15, 0.2) is 0 Å². The van der Waals surface area contributed by atoms with Crippen LogP contribution in [0.4, 0.5) is 0 Å². The topological polar surface area (TPSA) is 67.2 Å². The number of fused-ring (bicyclic) bond motifs is 2. The van der Waals surface area contributed by atoms with E-state index in [1.807, 2.05) is 41.0 Å². The number of aromatic nitrogens is 2. The van der Waals surface area contributed by atoms with Gasteiger partial charge in [0, 0.05) is 37.8 Å². The van der Waals surface area contributed by atoms with E-state index in [1.54, 1.807) is 6.20 Å². The lowest BCUT2D eigenvalue weighted by molar-refractivity contribution is 0.0948. The van der Waals surface area contributed by atoms with Crippen LogP contribution < -0.4 is 10.9 Å². The second kappa shape index (κ2) is 8.12. The van der Waals surface area contributed by atoms with Gasteiger partial charge in [-0.05, 0) is 30.5 Å². The first-order valence-corrected chi connectivity index (χ1v) is 10.8. The fraction of sp³-hybridized carbons (Fsp3) is 0.320. The number of nitrogens with one attached hydrogen (secondary N) is 1. The van der Waals surface area contributed by atoms with Crippen LogP contribution in [-0.2, 0) is 25.0 Å². The van der Waals surface area contributed by atoms with E-state index < -0.39 is 5.56 Å². The summed E-state index contributed by atoms with van der Waals surface area (Å²) in [7, 11) is 0. The van der Waals surface area contributed by atoms with E-state index in [0.717, 1.165) is 50.4 Å². The molecule has 0 radical (unpaired) electrons. The van der Waals surface area contributed by atoms with Crippen molar-refractivity contribution in [1.29, 1.82) is 0 Å². The fourth-order valence-corrected chi connectivity index (χ4v) is 4.88. The first kappa shape index (κ1) is 19.7. The van der Waals surface area contributed by atoms with Crippen molar-refractivity contribution in [2.45, 2.75) is 37.9 Å². The number of aryl methyl sites for hydroxylation is 1. The van der Waals surface area contributed by atoms with E-state index in [2.05, 4.69) is 39.5 Å². The number of rotatable bonds is 5. The third-order valence-corrected chi connectivity index (χ3v) is 6.52. The molecule has 2 aromatic carbocycles. The van der Waals surface area contributed by atoms with Crippen molar-refractivity contribution in [1.82, 2.24) is 19.8 Å². The van der Waals surface area contributed by atoms with Crippen molar-refractivity contribution in [3.63, 3.8) is 0 Å². The molecule has 6 heteroatoms. The Morgan fingerprint density at radius 1 is 0.968 bits per heavy atom. The summed E-state index contributed by atoms with van der Waals surface area (Å²) in [5.74, 6) is 0.474. The van der Waals surface area contributed by atoms with Gasteiger partial charge in [-0.3, -0.25) is 14.5 Å². The molecule has 5 rings (SSSR count). The smallest absolute Gasteiger partial charge is 0.285 e. The van der Waals surface area contributed by atoms with E-state index in [-0.39, 0.29) is 16.9 Å². The largest absolute Gasteiger partial charge is 0.348 e. The number of carbonyl (C=O) groups is 1. The van der Waals surface area contributed by atoms with Crippen molar-refractivity contribution in [2.75, 3.05) is 13.1 Å². The van der Waals surface area contributed by atoms with Gasteiger partial charge < -0.3 is 9.88 Å². The molecule has 2 aliphatic rings. The Balaban J connectivity index is 1.31. The second-order valence-corrected chi connectivity index (χ2v) is 8.62. The van der Waals surface area contributed by atoms with Gasteiger partial charge in [0.2, 0.25) is 0 Å². The molecular weight excluding hydrogens is 388 g/mol. The van der Waals surface area contributed by atoms with Gasteiger partial charge in [0.1, 0.15) is 11.4 Å². The van der Waals surface area contributed by atoms with Crippen LogP contribution in [-0.4, -0.2) is 33.4 Å². The Bertz CT molecular complexity index is 1140. The first-order chi connectivity index (χ1) is 15.1. The molecule has 1 amide bonds. The Kier molecular flexibility index (Phi) is 5.16. The number of hydrogen-bond acceptors (Lipinski definition) is 4. The van der Waals surface area contributed by atoms with Crippen molar-refractivity contribution in [3.05, 3.63) is 99.7 Å². The van der Waals surface area contributed by atoms with Crippen LogP contribution in [0, 0.1) is 0 Å². The SMILES string of the molecule is O=C(NCc1ccccc1)c1cn2c(nc1=O)C1(CCN(Cc3ccccc3)C1)CC2. The van der Waals surface area contributed by atoms with E-state index in [1.165, 1.54) is 5.56 Å². The molecular formula is C25H26N4O2. The maximum Gasteiger partial charge on any atom is 0.285 e. The van der Waals surface area contributed by atoms with Crippen molar-refractivity contribution >= 4 is 5.91 Å². The summed E-state index contributed by atoms with van der Waals surface area (Å²) in [6.45, 7) is 3.98. The highest BCUT2D eigenvalue weighted by molar-refractivity contribution is 5.93. The summed E-state index contributed by atoms with van der Waals surface area (Å²) in [4.78, 5) is 32.2. The lowest BCUT2D eigenvalue weighted by atomic mass is 9.85. The fourth-order valence-electron chi connectivity index (χ4n) is 4.88. The van der Waals surface area contributed by atoms with E-state index in [9.17, 15) is 9.59 Å². The normalized spacial score (nSPS) is 20.1. The minimum Gasteiger partial charge on any atom is -0.348 e. The van der Waals surface area contributed by atoms with Gasteiger partial charge in [-0.2, -0.15) is 4.98 Å². The van der Waals surface area contributed by atoms with E-state index in [4.69, 9.17) is 0 Å². The molecule has 3 aromatic rings. The third-order valence-electron chi connectivity index (χ3n) is 6.52. The zero-order valence-corrected chi connectivity index (χ0v) is 17.5. The molecule has 1 spiro atoms. The molecule has 1 N–H and O–H groups in total. The predicted octanol–water partition coefficient (Wildman–Crippen LogP) is 2.72. The van der Waals surface area contributed by atoms with Gasteiger partial charge in [-0.1, -0.05) is 60.7 Å². The standard InChI is InChI=1S/C25H26N4O2/c30-22(26-15-19-7-3-1-4-8-19)21-17-29-14-12-25(24(29)27-23(21)31)11-13-28(18-25)16-20-9-5-2-6-10-20/h1-10,17H,11-16,18H2,(H,26,30). The molecule has 1 fully saturated rings. The molecule has 0 saturated carbocycles. The molecule has 0 bridgehead atoms. The lowest BCUT2D eigenvalue weighted by Crippen LogP contribution is -2.35. The third kappa shape index (κ3) is 3.91. The number of likely N-dealkylation sites (tertiary alicyclic amines) is 1. The summed E-state index contributed by atoms with van der Waals surface area (Å²) in [6, 6.07) is 20.1. The molecule has 0 aliphatic carbocycles. The van der Waals surface area contributed by atoms with Gasteiger partial charge >= 0.3 is 0 Å². The quantitative estimate of drug-likeness (QED) is 0.697. The summed E-state index contributed by atoms with van der Waals surface area (Å²) in [6.07, 6.45) is 3.66. The van der Waals surface area contributed by atoms with E-state index >= 15 is 0 Å². The molecule has 1 atom stereocenters. The van der Waals surface area contributed by atoms with Crippen LogP contribution in [0.3, 0.4) is 0 Å². The minimum absolute atomic E-state index is 0.0903. The van der Waals surface area contributed by atoms with Crippen molar-refractivity contribution in [2.24, 2.45) is 0 Å². The molecule has 2 aliphatic heterocycles.